The number of hydrogen-bond donors (Lipinski definition) is 3. The number of rotatable bonds is 6. The van der Waals surface area contributed by atoms with Crippen molar-refractivity contribution in [3.8, 4) is 5.75 Å². The summed E-state index contributed by atoms with van der Waals surface area (Å²) >= 11 is 6.31. The topological polar surface area (TPSA) is 121 Å². The van der Waals surface area contributed by atoms with Gasteiger partial charge in [0, 0.05) is 35.2 Å². The number of carbonyl (C=O) groups excluding carboxylic acids is 1. The van der Waals surface area contributed by atoms with Crippen molar-refractivity contribution in [2.75, 3.05) is 6.54 Å². The summed E-state index contributed by atoms with van der Waals surface area (Å²) in [6.45, 7) is 1.81. The highest BCUT2D eigenvalue weighted by Gasteiger charge is 2.39. The Morgan fingerprint density at radius 2 is 2.23 bits per heavy atom. The Bertz CT molecular complexity index is 1130. The minimum absolute atomic E-state index is 0.125. The fourth-order valence-corrected chi connectivity index (χ4v) is 3.80. The van der Waals surface area contributed by atoms with Gasteiger partial charge in [-0.15, -0.1) is 0 Å². The standard InChI is InChI=1S/C20H20ClFN4O5/c1-10-2-14(31-25-10)9-30-18-6-16-11(4-15(18)21)3-13(24-16)7-23-19(27)17-5-12(22)8-26(17)20(28)29/h2-4,6,12,17,24H,5,7-9H2,1H3,(H,23,27)(H,28,29)/t12-,17+/m1/s1. The summed E-state index contributed by atoms with van der Waals surface area (Å²) in [6, 6.07) is 6.01. The minimum Gasteiger partial charge on any atom is -0.484 e. The largest absolute Gasteiger partial charge is 0.484 e. The van der Waals surface area contributed by atoms with E-state index in [2.05, 4.69) is 15.5 Å². The maximum absolute atomic E-state index is 13.6. The number of likely N-dealkylation sites (tertiary alicyclic amines) is 1. The molecule has 3 aromatic rings. The van der Waals surface area contributed by atoms with Crippen LogP contribution in [0, 0.1) is 6.92 Å². The lowest BCUT2D eigenvalue weighted by molar-refractivity contribution is -0.125. The lowest BCUT2D eigenvalue weighted by Gasteiger charge is -2.19. The number of amides is 2. The molecule has 1 aliphatic heterocycles. The fraction of sp³-hybridized carbons (Fsp3) is 0.350. The summed E-state index contributed by atoms with van der Waals surface area (Å²) in [4.78, 5) is 27.6. The molecule has 31 heavy (non-hydrogen) atoms. The number of fused-ring (bicyclic) bond motifs is 1. The molecule has 0 unspecified atom stereocenters. The van der Waals surface area contributed by atoms with E-state index in [1.165, 1.54) is 0 Å². The molecular weight excluding hydrogens is 431 g/mol. The van der Waals surface area contributed by atoms with Crippen molar-refractivity contribution in [3.63, 3.8) is 0 Å². The van der Waals surface area contributed by atoms with E-state index in [4.69, 9.17) is 26.0 Å². The van der Waals surface area contributed by atoms with Crippen molar-refractivity contribution in [1.29, 1.82) is 0 Å². The molecule has 9 nitrogen and oxygen atoms in total. The predicted molar refractivity (Wildman–Crippen MR) is 109 cm³/mol. The molecule has 1 aromatic carbocycles. The number of carbonyl (C=O) groups is 2. The summed E-state index contributed by atoms with van der Waals surface area (Å²) < 4.78 is 24.4. The highest BCUT2D eigenvalue weighted by Crippen LogP contribution is 2.31. The SMILES string of the molecule is Cc1cc(COc2cc3[nH]c(CNC(=O)[C@@H]4C[C@@H](F)CN4C(=O)O)cc3cc2Cl)on1. The fourth-order valence-electron chi connectivity index (χ4n) is 3.58. The number of aromatic amines is 1. The van der Waals surface area contributed by atoms with Crippen LogP contribution in [0.5, 0.6) is 5.75 Å². The molecule has 2 aromatic heterocycles. The van der Waals surface area contributed by atoms with E-state index < -0.39 is 24.2 Å². The molecule has 3 N–H and O–H groups in total. The van der Waals surface area contributed by atoms with Crippen LogP contribution < -0.4 is 10.1 Å². The van der Waals surface area contributed by atoms with Crippen molar-refractivity contribution in [3.05, 3.63) is 46.4 Å². The molecule has 11 heteroatoms. The first-order valence-electron chi connectivity index (χ1n) is 9.57. The average Bonchev–Trinajstić information content (AvgIpc) is 3.42. The number of H-pyrrole nitrogens is 1. The summed E-state index contributed by atoms with van der Waals surface area (Å²) in [5.41, 5.74) is 2.18. The molecule has 1 fully saturated rings. The lowest BCUT2D eigenvalue weighted by Crippen LogP contribution is -2.45. The normalized spacial score (nSPS) is 18.5. The number of alkyl halides is 1. The van der Waals surface area contributed by atoms with Gasteiger partial charge in [-0.2, -0.15) is 0 Å². The van der Waals surface area contributed by atoms with Crippen LogP contribution in [-0.2, 0) is 17.9 Å². The molecule has 0 saturated carbocycles. The first-order valence-corrected chi connectivity index (χ1v) is 9.95. The van der Waals surface area contributed by atoms with Crippen LogP contribution in [-0.4, -0.2) is 50.9 Å². The van der Waals surface area contributed by atoms with Crippen molar-refractivity contribution in [2.45, 2.75) is 38.7 Å². The van der Waals surface area contributed by atoms with E-state index in [1.807, 2.05) is 13.0 Å². The predicted octanol–water partition coefficient (Wildman–Crippen LogP) is 3.40. The second-order valence-corrected chi connectivity index (χ2v) is 7.80. The van der Waals surface area contributed by atoms with Gasteiger partial charge in [-0.05, 0) is 19.1 Å². The summed E-state index contributed by atoms with van der Waals surface area (Å²) in [6.07, 6.45) is -2.80. The van der Waals surface area contributed by atoms with E-state index in [-0.39, 0.29) is 26.1 Å². The van der Waals surface area contributed by atoms with Crippen LogP contribution in [0.25, 0.3) is 10.9 Å². The van der Waals surface area contributed by atoms with Crippen LogP contribution in [0.1, 0.15) is 23.6 Å². The number of aromatic nitrogens is 2. The molecule has 0 radical (unpaired) electrons. The van der Waals surface area contributed by atoms with Crippen LogP contribution in [0.4, 0.5) is 9.18 Å². The van der Waals surface area contributed by atoms with Gasteiger partial charge in [0.1, 0.15) is 24.6 Å². The number of ether oxygens (including phenoxy) is 1. The van der Waals surface area contributed by atoms with Gasteiger partial charge >= 0.3 is 6.09 Å². The Balaban J connectivity index is 1.42. The number of hydrogen-bond acceptors (Lipinski definition) is 5. The van der Waals surface area contributed by atoms with Crippen molar-refractivity contribution in [2.24, 2.45) is 0 Å². The molecule has 0 bridgehead atoms. The third kappa shape index (κ3) is 4.58. The molecular formula is C20H20ClFN4O5. The Labute approximate surface area is 181 Å². The monoisotopic (exact) mass is 450 g/mol. The van der Waals surface area contributed by atoms with E-state index in [1.54, 1.807) is 18.2 Å². The molecule has 2 amide bonds. The maximum atomic E-state index is 13.6. The molecule has 2 atom stereocenters. The highest BCUT2D eigenvalue weighted by molar-refractivity contribution is 6.32. The molecule has 164 valence electrons. The van der Waals surface area contributed by atoms with Gasteiger partial charge in [-0.1, -0.05) is 16.8 Å². The molecule has 1 saturated heterocycles. The highest BCUT2D eigenvalue weighted by atomic mass is 35.5. The second-order valence-electron chi connectivity index (χ2n) is 7.39. The van der Waals surface area contributed by atoms with Crippen LogP contribution in [0.2, 0.25) is 5.02 Å². The number of aryl methyl sites for hydroxylation is 1. The van der Waals surface area contributed by atoms with Crippen molar-refractivity contribution in [1.82, 2.24) is 20.4 Å². The quantitative estimate of drug-likeness (QED) is 0.529. The van der Waals surface area contributed by atoms with Crippen LogP contribution >= 0.6 is 11.6 Å². The molecule has 1 aliphatic rings. The Kier molecular flexibility index (Phi) is 5.73. The molecule has 0 aliphatic carbocycles. The van der Waals surface area contributed by atoms with Gasteiger partial charge < -0.3 is 24.7 Å². The van der Waals surface area contributed by atoms with Crippen LogP contribution in [0.15, 0.2) is 28.8 Å². The van der Waals surface area contributed by atoms with Crippen molar-refractivity contribution >= 4 is 34.5 Å². The number of halogens is 2. The van der Waals surface area contributed by atoms with Gasteiger partial charge in [-0.25, -0.2) is 9.18 Å². The first-order chi connectivity index (χ1) is 14.8. The third-order valence-electron chi connectivity index (χ3n) is 5.03. The molecule has 3 heterocycles. The van der Waals surface area contributed by atoms with Gasteiger partial charge in [-0.3, -0.25) is 9.69 Å². The lowest BCUT2D eigenvalue weighted by atomic mass is 10.2. The average molecular weight is 451 g/mol. The molecule has 0 spiro atoms. The van der Waals surface area contributed by atoms with Gasteiger partial charge in [0.15, 0.2) is 5.76 Å². The summed E-state index contributed by atoms with van der Waals surface area (Å²) in [5.74, 6) is 0.490. The van der Waals surface area contributed by atoms with Gasteiger partial charge in [0.25, 0.3) is 0 Å². The van der Waals surface area contributed by atoms with E-state index in [0.29, 0.717) is 22.2 Å². The number of nitrogens with zero attached hydrogens (tertiary/aromatic N) is 2. The Morgan fingerprint density at radius 1 is 1.42 bits per heavy atom. The Hall–Kier alpha value is -3.27. The van der Waals surface area contributed by atoms with Gasteiger partial charge in [0.2, 0.25) is 5.91 Å². The van der Waals surface area contributed by atoms with E-state index >= 15 is 0 Å². The maximum Gasteiger partial charge on any atom is 0.408 e. The summed E-state index contributed by atoms with van der Waals surface area (Å²) in [7, 11) is 0. The van der Waals surface area contributed by atoms with Crippen molar-refractivity contribution < 1.29 is 28.3 Å². The zero-order valence-electron chi connectivity index (χ0n) is 16.5. The first kappa shape index (κ1) is 21.0. The number of benzene rings is 1. The molecule has 4 rings (SSSR count). The third-order valence-corrected chi connectivity index (χ3v) is 5.32. The zero-order valence-corrected chi connectivity index (χ0v) is 17.3. The Morgan fingerprint density at radius 3 is 2.94 bits per heavy atom. The number of carboxylic acid groups (broad SMARTS) is 1. The number of nitrogens with one attached hydrogen (secondary N) is 2. The smallest absolute Gasteiger partial charge is 0.408 e. The summed E-state index contributed by atoms with van der Waals surface area (Å²) in [5, 5.41) is 16.8. The zero-order chi connectivity index (χ0) is 22.1. The minimum atomic E-state index is -1.35. The van der Waals surface area contributed by atoms with Gasteiger partial charge in [0.05, 0.1) is 23.8 Å². The van der Waals surface area contributed by atoms with Crippen LogP contribution in [0.3, 0.4) is 0 Å². The second kappa shape index (κ2) is 8.46. The van der Waals surface area contributed by atoms with E-state index in [0.717, 1.165) is 21.5 Å². The van der Waals surface area contributed by atoms with E-state index in [9.17, 15) is 14.0 Å².